The van der Waals surface area contributed by atoms with Gasteiger partial charge in [-0.25, -0.2) is 0 Å². The molecule has 0 atom stereocenters. The van der Waals surface area contributed by atoms with Crippen molar-refractivity contribution in [2.75, 3.05) is 20.2 Å². The van der Waals surface area contributed by atoms with Crippen LogP contribution in [0.3, 0.4) is 0 Å². The molecule has 1 aromatic heterocycles. The largest absolute Gasteiger partial charge is 0.368 e. The maximum absolute atomic E-state index is 5.41. The lowest BCUT2D eigenvalue weighted by molar-refractivity contribution is -0.0654. The van der Waals surface area contributed by atoms with Gasteiger partial charge in [0.25, 0.3) is 0 Å². The molecule has 1 N–H and O–H groups in total. The quantitative estimate of drug-likeness (QED) is 0.632. The lowest BCUT2D eigenvalue weighted by atomic mass is 9.96. The van der Waals surface area contributed by atoms with Crippen LogP contribution in [0, 0.1) is 0 Å². The second-order valence-electron chi connectivity index (χ2n) is 3.07. The van der Waals surface area contributed by atoms with Crippen molar-refractivity contribution in [3.05, 3.63) is 12.2 Å². The Morgan fingerprint density at radius 3 is 2.75 bits per heavy atom. The topological polar surface area (TPSA) is 52.0 Å². The summed E-state index contributed by atoms with van der Waals surface area (Å²) in [6, 6.07) is 0. The Morgan fingerprint density at radius 2 is 2.42 bits per heavy atom. The van der Waals surface area contributed by atoms with E-state index in [1.807, 2.05) is 11.6 Å². The van der Waals surface area contributed by atoms with Gasteiger partial charge in [-0.15, -0.1) is 10.2 Å². The molecule has 0 saturated carbocycles. The highest BCUT2D eigenvalue weighted by Gasteiger charge is 2.42. The molecule has 1 aliphatic heterocycles. The molecule has 0 radical (unpaired) electrons. The molecule has 5 heteroatoms. The summed E-state index contributed by atoms with van der Waals surface area (Å²) in [6.07, 6.45) is 1.69. The molecular weight excluding hydrogens is 156 g/mol. The van der Waals surface area contributed by atoms with E-state index >= 15 is 0 Å². The Morgan fingerprint density at radius 1 is 1.67 bits per heavy atom. The Labute approximate surface area is 70.7 Å². The molecule has 2 heterocycles. The van der Waals surface area contributed by atoms with Crippen LogP contribution in [0.15, 0.2) is 6.33 Å². The number of aryl methyl sites for hydroxylation is 1. The molecule has 0 unspecified atom stereocenters. The van der Waals surface area contributed by atoms with E-state index in [2.05, 4.69) is 15.5 Å². The highest BCUT2D eigenvalue weighted by Crippen LogP contribution is 2.26. The molecule has 1 fully saturated rings. The first-order valence-corrected chi connectivity index (χ1v) is 3.89. The first-order chi connectivity index (χ1) is 5.78. The lowest BCUT2D eigenvalue weighted by Gasteiger charge is -2.39. The molecule has 12 heavy (non-hydrogen) atoms. The SMILES string of the molecule is COC1(c2nncn2C)CNC1. The van der Waals surface area contributed by atoms with Gasteiger partial charge in [-0.2, -0.15) is 0 Å². The molecule has 5 nitrogen and oxygen atoms in total. The number of hydrogen-bond acceptors (Lipinski definition) is 4. The molecule has 0 bridgehead atoms. The maximum Gasteiger partial charge on any atom is 0.167 e. The highest BCUT2D eigenvalue weighted by atomic mass is 16.5. The van der Waals surface area contributed by atoms with Crippen molar-refractivity contribution in [1.82, 2.24) is 20.1 Å². The number of methoxy groups -OCH3 is 1. The van der Waals surface area contributed by atoms with Crippen LogP contribution in [0.25, 0.3) is 0 Å². The van der Waals surface area contributed by atoms with Crippen molar-refractivity contribution < 1.29 is 4.74 Å². The summed E-state index contributed by atoms with van der Waals surface area (Å²) in [5, 5.41) is 11.0. The summed E-state index contributed by atoms with van der Waals surface area (Å²) >= 11 is 0. The van der Waals surface area contributed by atoms with Crippen molar-refractivity contribution in [2.45, 2.75) is 5.60 Å². The Balaban J connectivity index is 2.33. The van der Waals surface area contributed by atoms with E-state index in [0.29, 0.717) is 0 Å². The van der Waals surface area contributed by atoms with Gasteiger partial charge in [-0.1, -0.05) is 0 Å². The van der Waals surface area contributed by atoms with Crippen molar-refractivity contribution >= 4 is 0 Å². The van der Waals surface area contributed by atoms with Gasteiger partial charge in [0, 0.05) is 27.2 Å². The minimum atomic E-state index is -0.245. The number of aromatic nitrogens is 3. The molecule has 0 spiro atoms. The van der Waals surface area contributed by atoms with E-state index in [-0.39, 0.29) is 5.60 Å². The third kappa shape index (κ3) is 0.867. The minimum Gasteiger partial charge on any atom is -0.368 e. The minimum absolute atomic E-state index is 0.245. The summed E-state index contributed by atoms with van der Waals surface area (Å²) in [4.78, 5) is 0. The molecule has 0 aromatic carbocycles. The monoisotopic (exact) mass is 168 g/mol. The zero-order valence-corrected chi connectivity index (χ0v) is 7.24. The molecule has 1 saturated heterocycles. The van der Waals surface area contributed by atoms with Crippen molar-refractivity contribution in [2.24, 2.45) is 7.05 Å². The third-order valence-electron chi connectivity index (χ3n) is 2.33. The van der Waals surface area contributed by atoms with Crippen LogP contribution in [0.1, 0.15) is 5.82 Å². The number of rotatable bonds is 2. The fourth-order valence-corrected chi connectivity index (χ4v) is 1.44. The van der Waals surface area contributed by atoms with Gasteiger partial charge in [0.2, 0.25) is 0 Å². The molecule has 1 aliphatic rings. The van der Waals surface area contributed by atoms with E-state index in [0.717, 1.165) is 18.9 Å². The number of hydrogen-bond donors (Lipinski definition) is 1. The van der Waals surface area contributed by atoms with E-state index in [1.54, 1.807) is 13.4 Å². The number of nitrogens with one attached hydrogen (secondary N) is 1. The summed E-state index contributed by atoms with van der Waals surface area (Å²) in [6.45, 7) is 1.63. The van der Waals surface area contributed by atoms with Crippen LogP contribution >= 0.6 is 0 Å². The normalized spacial score (nSPS) is 20.5. The standard InChI is InChI=1S/C7H12N4O/c1-11-5-9-10-6(11)7(12-2)3-8-4-7/h5,8H,3-4H2,1-2H3. The smallest absolute Gasteiger partial charge is 0.167 e. The fourth-order valence-electron chi connectivity index (χ4n) is 1.44. The van der Waals surface area contributed by atoms with Gasteiger partial charge in [0.15, 0.2) is 11.4 Å². The van der Waals surface area contributed by atoms with Gasteiger partial charge in [0.05, 0.1) is 0 Å². The summed E-state index contributed by atoms with van der Waals surface area (Å²) in [5.41, 5.74) is -0.245. The second-order valence-corrected chi connectivity index (χ2v) is 3.07. The molecule has 2 rings (SSSR count). The average molecular weight is 168 g/mol. The second kappa shape index (κ2) is 2.53. The van der Waals surface area contributed by atoms with Crippen LogP contribution < -0.4 is 5.32 Å². The van der Waals surface area contributed by atoms with Crippen LogP contribution in [-0.4, -0.2) is 35.0 Å². The van der Waals surface area contributed by atoms with Crippen molar-refractivity contribution in [3.8, 4) is 0 Å². The first-order valence-electron chi connectivity index (χ1n) is 3.89. The third-order valence-corrected chi connectivity index (χ3v) is 2.33. The summed E-state index contributed by atoms with van der Waals surface area (Å²) in [7, 11) is 3.63. The number of ether oxygens (including phenoxy) is 1. The van der Waals surface area contributed by atoms with E-state index < -0.39 is 0 Å². The highest BCUT2D eigenvalue weighted by molar-refractivity contribution is 5.10. The molecular formula is C7H12N4O. The van der Waals surface area contributed by atoms with Gasteiger partial charge in [-0.3, -0.25) is 0 Å². The Kier molecular flexibility index (Phi) is 1.62. The van der Waals surface area contributed by atoms with Gasteiger partial charge < -0.3 is 14.6 Å². The lowest BCUT2D eigenvalue weighted by Crippen LogP contribution is -2.59. The number of nitrogens with zero attached hydrogens (tertiary/aromatic N) is 3. The summed E-state index contributed by atoms with van der Waals surface area (Å²) < 4.78 is 7.31. The van der Waals surface area contributed by atoms with Crippen LogP contribution in [-0.2, 0) is 17.4 Å². The fraction of sp³-hybridized carbons (Fsp3) is 0.714. The van der Waals surface area contributed by atoms with Crippen LogP contribution in [0.2, 0.25) is 0 Å². The van der Waals surface area contributed by atoms with E-state index in [4.69, 9.17) is 4.74 Å². The Hall–Kier alpha value is -0.940. The van der Waals surface area contributed by atoms with Crippen molar-refractivity contribution in [1.29, 1.82) is 0 Å². The van der Waals surface area contributed by atoms with E-state index in [1.165, 1.54) is 0 Å². The molecule has 0 amide bonds. The zero-order valence-electron chi connectivity index (χ0n) is 7.24. The molecule has 66 valence electrons. The van der Waals surface area contributed by atoms with Gasteiger partial charge >= 0.3 is 0 Å². The average Bonchev–Trinajstić information content (AvgIpc) is 2.36. The Bertz CT molecular complexity index is 273. The van der Waals surface area contributed by atoms with Gasteiger partial charge in [-0.05, 0) is 0 Å². The van der Waals surface area contributed by atoms with Crippen LogP contribution in [0.5, 0.6) is 0 Å². The predicted octanol–water partition coefficient (Wildman–Crippen LogP) is -0.740. The summed E-state index contributed by atoms with van der Waals surface area (Å²) in [5.74, 6) is 0.892. The first kappa shape index (κ1) is 7.70. The van der Waals surface area contributed by atoms with Crippen LogP contribution in [0.4, 0.5) is 0 Å². The zero-order chi connectivity index (χ0) is 8.60. The molecule has 1 aromatic rings. The maximum atomic E-state index is 5.41. The predicted molar refractivity (Wildman–Crippen MR) is 42.6 cm³/mol. The molecule has 0 aliphatic carbocycles. The van der Waals surface area contributed by atoms with Gasteiger partial charge in [0.1, 0.15) is 6.33 Å². The van der Waals surface area contributed by atoms with E-state index in [9.17, 15) is 0 Å². The van der Waals surface area contributed by atoms with Crippen molar-refractivity contribution in [3.63, 3.8) is 0 Å².